The molecule has 0 unspecified atom stereocenters. The Morgan fingerprint density at radius 1 is 1.16 bits per heavy atom. The van der Waals surface area contributed by atoms with Gasteiger partial charge in [0.1, 0.15) is 10.8 Å². The molecule has 0 saturated heterocycles. The first-order valence-corrected chi connectivity index (χ1v) is 6.50. The third-order valence-electron chi connectivity index (χ3n) is 2.97. The predicted molar refractivity (Wildman–Crippen MR) is 84.1 cm³/mol. The van der Waals surface area contributed by atoms with Crippen molar-refractivity contribution in [1.82, 2.24) is 4.98 Å². The molecule has 19 heavy (non-hydrogen) atoms. The van der Waals surface area contributed by atoms with Gasteiger partial charge in [0.2, 0.25) is 0 Å². The number of nitrogens with two attached hydrogens (primary N) is 1. The van der Waals surface area contributed by atoms with Crippen LogP contribution in [0, 0.1) is 20.8 Å². The van der Waals surface area contributed by atoms with Crippen molar-refractivity contribution in [3.8, 4) is 0 Å². The lowest BCUT2D eigenvalue weighted by Gasteiger charge is -2.13. The lowest BCUT2D eigenvalue weighted by atomic mass is 10.1. The van der Waals surface area contributed by atoms with Crippen LogP contribution >= 0.6 is 12.2 Å². The predicted octanol–water partition coefficient (Wildman–Crippen LogP) is 3.38. The third kappa shape index (κ3) is 3.09. The number of anilines is 2. The summed E-state index contributed by atoms with van der Waals surface area (Å²) in [5.74, 6) is 0.764. The summed E-state index contributed by atoms with van der Waals surface area (Å²) in [5, 5.41) is 3.35. The summed E-state index contributed by atoms with van der Waals surface area (Å²) >= 11 is 5.02. The Balaban J connectivity index is 2.41. The van der Waals surface area contributed by atoms with Gasteiger partial charge in [-0.2, -0.15) is 0 Å². The van der Waals surface area contributed by atoms with Gasteiger partial charge in [0, 0.05) is 16.9 Å². The van der Waals surface area contributed by atoms with Gasteiger partial charge in [0.15, 0.2) is 0 Å². The number of rotatable bonds is 3. The molecule has 4 heteroatoms. The van der Waals surface area contributed by atoms with Gasteiger partial charge in [-0.3, -0.25) is 0 Å². The zero-order chi connectivity index (χ0) is 14.0. The highest BCUT2D eigenvalue weighted by Crippen LogP contribution is 2.24. The second-order valence-electron chi connectivity index (χ2n) is 4.64. The molecule has 2 aromatic rings. The van der Waals surface area contributed by atoms with Crippen LogP contribution in [0.2, 0.25) is 0 Å². The molecule has 0 radical (unpaired) electrons. The summed E-state index contributed by atoms with van der Waals surface area (Å²) in [6.07, 6.45) is 0. The molecule has 0 saturated carbocycles. The SMILES string of the molecule is Cc1cc(C(N)=S)cc(Nc2c(C)cccc2C)n1. The number of pyridine rings is 1. The molecule has 0 aliphatic rings. The van der Waals surface area contributed by atoms with E-state index >= 15 is 0 Å². The fourth-order valence-corrected chi connectivity index (χ4v) is 2.13. The van der Waals surface area contributed by atoms with E-state index in [1.165, 1.54) is 11.1 Å². The molecule has 2 rings (SSSR count). The van der Waals surface area contributed by atoms with Crippen LogP contribution < -0.4 is 11.1 Å². The van der Waals surface area contributed by atoms with E-state index in [2.05, 4.69) is 36.3 Å². The highest BCUT2D eigenvalue weighted by molar-refractivity contribution is 7.80. The second kappa shape index (κ2) is 5.36. The largest absolute Gasteiger partial charge is 0.389 e. The maximum absolute atomic E-state index is 5.68. The number of thiocarbonyl (C=S) groups is 1. The number of aryl methyl sites for hydroxylation is 3. The zero-order valence-corrected chi connectivity index (χ0v) is 12.1. The molecule has 0 aliphatic heterocycles. The fourth-order valence-electron chi connectivity index (χ4n) is 2.01. The standard InChI is InChI=1S/C15H17N3S/c1-9-5-4-6-10(2)14(9)18-13-8-12(15(16)19)7-11(3)17-13/h4-8H,1-3H3,(H2,16,19)(H,17,18). The molecule has 98 valence electrons. The minimum Gasteiger partial charge on any atom is -0.389 e. The summed E-state index contributed by atoms with van der Waals surface area (Å²) in [4.78, 5) is 4.85. The Morgan fingerprint density at radius 3 is 2.37 bits per heavy atom. The van der Waals surface area contributed by atoms with E-state index in [-0.39, 0.29) is 0 Å². The van der Waals surface area contributed by atoms with Crippen molar-refractivity contribution in [1.29, 1.82) is 0 Å². The highest BCUT2D eigenvalue weighted by Gasteiger charge is 2.06. The first-order valence-electron chi connectivity index (χ1n) is 6.09. The average molecular weight is 271 g/mol. The van der Waals surface area contributed by atoms with Crippen LogP contribution in [0.25, 0.3) is 0 Å². The fraction of sp³-hybridized carbons (Fsp3) is 0.200. The minimum atomic E-state index is 0.384. The summed E-state index contributed by atoms with van der Waals surface area (Å²) < 4.78 is 0. The quantitative estimate of drug-likeness (QED) is 0.840. The van der Waals surface area contributed by atoms with Crippen LogP contribution in [0.4, 0.5) is 11.5 Å². The Bertz CT molecular complexity index is 615. The number of benzene rings is 1. The van der Waals surface area contributed by atoms with Crippen molar-refractivity contribution in [3.63, 3.8) is 0 Å². The van der Waals surface area contributed by atoms with Gasteiger partial charge in [-0.15, -0.1) is 0 Å². The van der Waals surface area contributed by atoms with E-state index in [0.717, 1.165) is 22.8 Å². The maximum atomic E-state index is 5.68. The van der Waals surface area contributed by atoms with E-state index in [9.17, 15) is 0 Å². The summed E-state index contributed by atoms with van der Waals surface area (Å²) in [6.45, 7) is 6.07. The van der Waals surface area contributed by atoms with E-state index in [4.69, 9.17) is 18.0 Å². The molecule has 0 fully saturated rings. The second-order valence-corrected chi connectivity index (χ2v) is 5.08. The molecule has 0 bridgehead atoms. The van der Waals surface area contributed by atoms with Gasteiger partial charge in [0.05, 0.1) is 0 Å². The summed E-state index contributed by atoms with van der Waals surface area (Å²) in [6, 6.07) is 9.94. The molecule has 0 atom stereocenters. The number of aromatic nitrogens is 1. The van der Waals surface area contributed by atoms with Gasteiger partial charge in [-0.25, -0.2) is 4.98 Å². The molecule has 0 aliphatic carbocycles. The van der Waals surface area contributed by atoms with Gasteiger partial charge >= 0.3 is 0 Å². The number of para-hydroxylation sites is 1. The van der Waals surface area contributed by atoms with Crippen molar-refractivity contribution in [2.75, 3.05) is 5.32 Å². The normalized spacial score (nSPS) is 10.3. The monoisotopic (exact) mass is 271 g/mol. The van der Waals surface area contributed by atoms with Gasteiger partial charge in [-0.1, -0.05) is 30.4 Å². The highest BCUT2D eigenvalue weighted by atomic mass is 32.1. The molecule has 0 amide bonds. The van der Waals surface area contributed by atoms with Crippen LogP contribution in [-0.4, -0.2) is 9.97 Å². The number of hydrogen-bond donors (Lipinski definition) is 2. The van der Waals surface area contributed by atoms with Crippen molar-refractivity contribution in [3.05, 3.63) is 52.7 Å². The smallest absolute Gasteiger partial charge is 0.131 e. The van der Waals surface area contributed by atoms with Crippen molar-refractivity contribution in [2.24, 2.45) is 5.73 Å². The summed E-state index contributed by atoms with van der Waals surface area (Å²) in [7, 11) is 0. The van der Waals surface area contributed by atoms with E-state index in [1.54, 1.807) is 0 Å². The minimum absolute atomic E-state index is 0.384. The number of hydrogen-bond acceptors (Lipinski definition) is 3. The third-order valence-corrected chi connectivity index (χ3v) is 3.21. The van der Waals surface area contributed by atoms with Gasteiger partial charge in [0.25, 0.3) is 0 Å². The van der Waals surface area contributed by atoms with Crippen LogP contribution in [0.1, 0.15) is 22.4 Å². The number of nitrogens with zero attached hydrogens (tertiary/aromatic N) is 1. The molecular weight excluding hydrogens is 254 g/mol. The lowest BCUT2D eigenvalue weighted by Crippen LogP contribution is -2.11. The molecule has 1 aromatic carbocycles. The topological polar surface area (TPSA) is 50.9 Å². The average Bonchev–Trinajstić information content (AvgIpc) is 2.33. The summed E-state index contributed by atoms with van der Waals surface area (Å²) in [5.41, 5.74) is 10.8. The molecular formula is C15H17N3S. The molecule has 3 N–H and O–H groups in total. The van der Waals surface area contributed by atoms with E-state index in [0.29, 0.717) is 4.99 Å². The van der Waals surface area contributed by atoms with Crippen LogP contribution in [-0.2, 0) is 0 Å². The maximum Gasteiger partial charge on any atom is 0.131 e. The molecule has 1 heterocycles. The van der Waals surface area contributed by atoms with Crippen molar-refractivity contribution in [2.45, 2.75) is 20.8 Å². The van der Waals surface area contributed by atoms with Crippen LogP contribution in [0.5, 0.6) is 0 Å². The Labute approximate surface area is 118 Å². The lowest BCUT2D eigenvalue weighted by molar-refractivity contribution is 1.19. The van der Waals surface area contributed by atoms with Crippen LogP contribution in [0.15, 0.2) is 30.3 Å². The Hall–Kier alpha value is -1.94. The first-order chi connectivity index (χ1) is 8.97. The van der Waals surface area contributed by atoms with Crippen molar-refractivity contribution < 1.29 is 0 Å². The van der Waals surface area contributed by atoms with Crippen LogP contribution in [0.3, 0.4) is 0 Å². The number of nitrogens with one attached hydrogen (secondary N) is 1. The molecule has 3 nitrogen and oxygen atoms in total. The van der Waals surface area contributed by atoms with Gasteiger partial charge in [-0.05, 0) is 44.0 Å². The zero-order valence-electron chi connectivity index (χ0n) is 11.3. The van der Waals surface area contributed by atoms with E-state index < -0.39 is 0 Å². The first kappa shape index (κ1) is 13.5. The molecule has 1 aromatic heterocycles. The Morgan fingerprint density at radius 2 is 1.79 bits per heavy atom. The Kier molecular flexibility index (Phi) is 3.81. The van der Waals surface area contributed by atoms with E-state index in [1.807, 2.05) is 25.1 Å². The van der Waals surface area contributed by atoms with Crippen molar-refractivity contribution >= 4 is 28.7 Å². The van der Waals surface area contributed by atoms with Gasteiger partial charge < -0.3 is 11.1 Å². The molecule has 0 spiro atoms.